The minimum absolute atomic E-state index is 0.135. The first-order valence-corrected chi connectivity index (χ1v) is 12.3. The van der Waals surface area contributed by atoms with Gasteiger partial charge in [-0.3, -0.25) is 9.59 Å². The van der Waals surface area contributed by atoms with Gasteiger partial charge in [-0.1, -0.05) is 37.6 Å². The van der Waals surface area contributed by atoms with Crippen molar-refractivity contribution in [1.29, 1.82) is 0 Å². The van der Waals surface area contributed by atoms with Gasteiger partial charge in [0.1, 0.15) is 17.5 Å². The van der Waals surface area contributed by atoms with Crippen LogP contribution in [0.4, 0.5) is 8.78 Å². The van der Waals surface area contributed by atoms with E-state index in [1.54, 1.807) is 31.5 Å². The van der Waals surface area contributed by atoms with E-state index in [-0.39, 0.29) is 28.1 Å². The van der Waals surface area contributed by atoms with Gasteiger partial charge in [-0.05, 0) is 55.9 Å². The van der Waals surface area contributed by atoms with Crippen molar-refractivity contribution in [2.75, 3.05) is 0 Å². The molecule has 6 nitrogen and oxygen atoms in total. The summed E-state index contributed by atoms with van der Waals surface area (Å²) in [6.45, 7) is 3.60. The number of nitrogens with zero attached hydrogens (tertiary/aromatic N) is 2. The van der Waals surface area contributed by atoms with E-state index in [4.69, 9.17) is 0 Å². The predicted molar refractivity (Wildman–Crippen MR) is 134 cm³/mol. The van der Waals surface area contributed by atoms with Crippen LogP contribution in [0.1, 0.15) is 72.1 Å². The van der Waals surface area contributed by atoms with Crippen LogP contribution in [0, 0.1) is 24.5 Å². The molecule has 5 rings (SSSR count). The van der Waals surface area contributed by atoms with E-state index in [0.717, 1.165) is 19.3 Å². The summed E-state index contributed by atoms with van der Waals surface area (Å²) >= 11 is 0. The fourth-order valence-electron chi connectivity index (χ4n) is 5.32. The van der Waals surface area contributed by atoms with Gasteiger partial charge in [0.2, 0.25) is 0 Å². The third kappa shape index (κ3) is 4.10. The van der Waals surface area contributed by atoms with Gasteiger partial charge in [-0.15, -0.1) is 0 Å². The molecule has 1 fully saturated rings. The normalized spacial score (nSPS) is 15.4. The molecule has 2 aromatic carbocycles. The summed E-state index contributed by atoms with van der Waals surface area (Å²) in [5.41, 5.74) is 0.831. The second-order valence-electron chi connectivity index (χ2n) is 9.39. The number of carbonyl (C=O) groups excluding carboxylic acids is 1. The van der Waals surface area contributed by atoms with Crippen molar-refractivity contribution in [2.24, 2.45) is 5.92 Å². The first kappa shape index (κ1) is 23.9. The number of fused-ring (bicyclic) bond motifs is 1. The predicted octanol–water partition coefficient (Wildman–Crippen LogP) is 5.58. The molecule has 1 amide bonds. The Balaban J connectivity index is 1.67. The van der Waals surface area contributed by atoms with Crippen LogP contribution >= 0.6 is 0 Å². The van der Waals surface area contributed by atoms with E-state index in [1.807, 2.05) is 13.0 Å². The van der Waals surface area contributed by atoms with Crippen LogP contribution in [-0.2, 0) is 0 Å². The summed E-state index contributed by atoms with van der Waals surface area (Å²) in [4.78, 5) is 34.8. The van der Waals surface area contributed by atoms with Crippen molar-refractivity contribution >= 4 is 16.7 Å². The summed E-state index contributed by atoms with van der Waals surface area (Å²) in [7, 11) is 0. The molecule has 1 aliphatic carbocycles. The van der Waals surface area contributed by atoms with Crippen LogP contribution in [0.5, 0.6) is 0 Å². The number of aromatic amines is 1. The molecule has 8 heteroatoms. The first-order valence-electron chi connectivity index (χ1n) is 12.3. The lowest BCUT2D eigenvalue weighted by atomic mass is 9.77. The van der Waals surface area contributed by atoms with E-state index in [2.05, 4.69) is 15.3 Å². The van der Waals surface area contributed by atoms with Gasteiger partial charge >= 0.3 is 0 Å². The summed E-state index contributed by atoms with van der Waals surface area (Å²) in [6.07, 6.45) is 6.65. The molecule has 0 bridgehead atoms. The van der Waals surface area contributed by atoms with Gasteiger partial charge < -0.3 is 14.9 Å². The van der Waals surface area contributed by atoms with E-state index >= 15 is 4.39 Å². The minimum Gasteiger partial charge on any atom is -0.347 e. The highest BCUT2D eigenvalue weighted by atomic mass is 19.1. The monoisotopic (exact) mass is 490 g/mol. The largest absolute Gasteiger partial charge is 0.347 e. The fourth-order valence-corrected chi connectivity index (χ4v) is 5.32. The summed E-state index contributed by atoms with van der Waals surface area (Å²) < 4.78 is 30.6. The van der Waals surface area contributed by atoms with Crippen molar-refractivity contribution in [3.8, 4) is 0 Å². The molecule has 36 heavy (non-hydrogen) atoms. The molecule has 2 atom stereocenters. The molecule has 2 heterocycles. The zero-order valence-corrected chi connectivity index (χ0v) is 20.2. The van der Waals surface area contributed by atoms with Crippen LogP contribution < -0.4 is 10.9 Å². The number of pyridine rings is 1. The third-order valence-electron chi connectivity index (χ3n) is 7.31. The van der Waals surface area contributed by atoms with Gasteiger partial charge in [0.15, 0.2) is 0 Å². The number of aromatic nitrogens is 3. The Labute approximate surface area is 207 Å². The molecule has 186 valence electrons. The zero-order valence-electron chi connectivity index (χ0n) is 20.2. The van der Waals surface area contributed by atoms with Crippen LogP contribution in [0.2, 0.25) is 0 Å². The quantitative estimate of drug-likeness (QED) is 0.355. The SMILES string of the molecule is CCC(c1ncc[nH]1)n1c(C)c(C(=O)N[C@H](c2cccc(F)c2)C2CCC2)c2cccc(F)c2c1=O. The summed E-state index contributed by atoms with van der Waals surface area (Å²) in [6, 6.07) is 9.68. The standard InChI is InChI=1S/C28H28F2N4O2/c1-3-22(26-31-13-14-32-26)34-16(2)23(20-11-6-12-21(30)24(20)28(34)36)27(35)33-25(17-7-4-8-17)18-9-5-10-19(29)15-18/h5-6,9-15,17,22,25H,3-4,7-8H2,1-2H3,(H,31,32)(H,33,35)/t22?,25-/m0/s1. The van der Waals surface area contributed by atoms with Crippen molar-refractivity contribution in [3.63, 3.8) is 0 Å². The maximum Gasteiger partial charge on any atom is 0.262 e. The van der Waals surface area contributed by atoms with E-state index < -0.39 is 29.4 Å². The lowest BCUT2D eigenvalue weighted by Gasteiger charge is -2.35. The Morgan fingerprint density at radius 3 is 2.64 bits per heavy atom. The molecule has 2 aromatic heterocycles. The lowest BCUT2D eigenvalue weighted by molar-refractivity contribution is 0.0900. The molecule has 1 unspecified atom stereocenters. The number of imidazole rings is 1. The Morgan fingerprint density at radius 1 is 1.22 bits per heavy atom. The highest BCUT2D eigenvalue weighted by molar-refractivity contribution is 6.08. The minimum atomic E-state index is -0.685. The Bertz CT molecular complexity index is 1480. The highest BCUT2D eigenvalue weighted by Gasteiger charge is 2.32. The number of carbonyl (C=O) groups is 1. The molecular formula is C28H28F2N4O2. The maximum absolute atomic E-state index is 15.1. The number of rotatable bonds is 7. The molecule has 1 saturated carbocycles. The first-order chi connectivity index (χ1) is 17.4. The number of benzene rings is 2. The second-order valence-corrected chi connectivity index (χ2v) is 9.39. The number of hydrogen-bond donors (Lipinski definition) is 2. The van der Waals surface area contributed by atoms with E-state index in [1.165, 1.54) is 28.8 Å². The van der Waals surface area contributed by atoms with Gasteiger partial charge in [-0.2, -0.15) is 0 Å². The molecule has 0 saturated heterocycles. The topological polar surface area (TPSA) is 79.8 Å². The number of nitrogens with one attached hydrogen (secondary N) is 2. The van der Waals surface area contributed by atoms with Gasteiger partial charge in [0, 0.05) is 23.5 Å². The molecule has 0 spiro atoms. The molecule has 0 aliphatic heterocycles. The van der Waals surface area contributed by atoms with E-state index in [0.29, 0.717) is 23.5 Å². The summed E-state index contributed by atoms with van der Waals surface area (Å²) in [5.74, 6) is -0.747. The molecular weight excluding hydrogens is 462 g/mol. The van der Waals surface area contributed by atoms with Gasteiger partial charge in [0.25, 0.3) is 11.5 Å². The maximum atomic E-state index is 15.1. The van der Waals surface area contributed by atoms with E-state index in [9.17, 15) is 14.0 Å². The third-order valence-corrected chi connectivity index (χ3v) is 7.31. The Morgan fingerprint density at radius 2 is 2.00 bits per heavy atom. The van der Waals surface area contributed by atoms with Crippen molar-refractivity contribution < 1.29 is 13.6 Å². The lowest BCUT2D eigenvalue weighted by Crippen LogP contribution is -2.38. The van der Waals surface area contributed by atoms with Gasteiger partial charge in [-0.25, -0.2) is 13.8 Å². The fraction of sp³-hybridized carbons (Fsp3) is 0.321. The van der Waals surface area contributed by atoms with Crippen molar-refractivity contribution in [3.05, 3.63) is 99.5 Å². The number of H-pyrrole nitrogens is 1. The van der Waals surface area contributed by atoms with Crippen LogP contribution in [-0.4, -0.2) is 20.4 Å². The second kappa shape index (κ2) is 9.68. The van der Waals surface area contributed by atoms with Gasteiger partial charge in [0.05, 0.1) is 23.0 Å². The smallest absolute Gasteiger partial charge is 0.262 e. The Hall–Kier alpha value is -3.81. The Kier molecular flexibility index (Phi) is 6.43. The van der Waals surface area contributed by atoms with Crippen LogP contribution in [0.15, 0.2) is 59.7 Å². The van der Waals surface area contributed by atoms with Crippen LogP contribution in [0.25, 0.3) is 10.8 Å². The molecule has 1 aliphatic rings. The number of amides is 1. The van der Waals surface area contributed by atoms with Crippen molar-refractivity contribution in [1.82, 2.24) is 19.9 Å². The molecule has 0 radical (unpaired) electrons. The molecule has 2 N–H and O–H groups in total. The molecule has 4 aromatic rings. The highest BCUT2D eigenvalue weighted by Crippen LogP contribution is 2.38. The van der Waals surface area contributed by atoms with Crippen LogP contribution in [0.3, 0.4) is 0 Å². The number of hydrogen-bond acceptors (Lipinski definition) is 3. The average Bonchev–Trinajstić information content (AvgIpc) is 3.34. The number of halogens is 2. The van der Waals surface area contributed by atoms with Crippen molar-refractivity contribution in [2.45, 2.75) is 51.6 Å². The summed E-state index contributed by atoms with van der Waals surface area (Å²) in [5, 5.41) is 3.22. The zero-order chi connectivity index (χ0) is 25.4. The average molecular weight is 491 g/mol.